The SMILES string of the molecule is CC1CCCC(NC(=O)c2ccc3c(c2)NCCN3)CC1. The molecule has 1 fully saturated rings. The molecule has 1 aliphatic heterocycles. The Morgan fingerprint density at radius 1 is 1.10 bits per heavy atom. The quantitative estimate of drug-likeness (QED) is 0.732. The highest BCUT2D eigenvalue weighted by atomic mass is 16.1. The fourth-order valence-electron chi connectivity index (χ4n) is 3.28. The molecule has 1 aromatic carbocycles. The van der Waals surface area contributed by atoms with E-state index in [4.69, 9.17) is 0 Å². The normalized spacial score (nSPS) is 25.0. The molecule has 1 aromatic rings. The Morgan fingerprint density at radius 2 is 1.90 bits per heavy atom. The molecular formula is C17H25N3O. The maximum Gasteiger partial charge on any atom is 0.251 e. The number of rotatable bonds is 2. The number of benzene rings is 1. The summed E-state index contributed by atoms with van der Waals surface area (Å²) in [6.45, 7) is 4.14. The smallest absolute Gasteiger partial charge is 0.251 e. The molecule has 21 heavy (non-hydrogen) atoms. The molecule has 3 N–H and O–H groups in total. The lowest BCUT2D eigenvalue weighted by atomic mass is 10.0. The van der Waals surface area contributed by atoms with Crippen molar-refractivity contribution in [3.63, 3.8) is 0 Å². The van der Waals surface area contributed by atoms with E-state index in [0.29, 0.717) is 6.04 Å². The standard InChI is InChI=1S/C17H25N3O/c1-12-3-2-4-14(7-5-12)20-17(21)13-6-8-15-16(11-13)19-10-9-18-15/h6,8,11-12,14,18-19H,2-5,7,9-10H2,1H3,(H,20,21). The lowest BCUT2D eigenvalue weighted by Crippen LogP contribution is -2.34. The second kappa shape index (κ2) is 6.37. The lowest BCUT2D eigenvalue weighted by Gasteiger charge is -2.21. The molecule has 4 heteroatoms. The van der Waals surface area contributed by atoms with Crippen LogP contribution >= 0.6 is 0 Å². The van der Waals surface area contributed by atoms with Crippen LogP contribution in [0.2, 0.25) is 0 Å². The van der Waals surface area contributed by atoms with Crippen molar-refractivity contribution in [3.05, 3.63) is 23.8 Å². The van der Waals surface area contributed by atoms with Crippen LogP contribution in [0.4, 0.5) is 11.4 Å². The molecule has 0 aromatic heterocycles. The van der Waals surface area contributed by atoms with E-state index in [-0.39, 0.29) is 5.91 Å². The zero-order chi connectivity index (χ0) is 14.7. The van der Waals surface area contributed by atoms with E-state index >= 15 is 0 Å². The van der Waals surface area contributed by atoms with Crippen molar-refractivity contribution in [2.24, 2.45) is 5.92 Å². The third-order valence-electron chi connectivity index (χ3n) is 4.63. The number of carbonyl (C=O) groups excluding carboxylic acids is 1. The molecule has 0 bridgehead atoms. The van der Waals surface area contributed by atoms with Crippen molar-refractivity contribution < 1.29 is 4.79 Å². The van der Waals surface area contributed by atoms with Crippen LogP contribution in [-0.2, 0) is 0 Å². The van der Waals surface area contributed by atoms with Gasteiger partial charge in [-0.3, -0.25) is 4.79 Å². The molecule has 1 amide bonds. The molecule has 0 saturated heterocycles. The largest absolute Gasteiger partial charge is 0.382 e. The first-order valence-electron chi connectivity index (χ1n) is 8.15. The molecular weight excluding hydrogens is 262 g/mol. The summed E-state index contributed by atoms with van der Waals surface area (Å²) in [5, 5.41) is 9.88. The van der Waals surface area contributed by atoms with Crippen LogP contribution < -0.4 is 16.0 Å². The third-order valence-corrected chi connectivity index (χ3v) is 4.63. The molecule has 1 saturated carbocycles. The van der Waals surface area contributed by atoms with E-state index in [9.17, 15) is 4.79 Å². The predicted molar refractivity (Wildman–Crippen MR) is 86.9 cm³/mol. The lowest BCUT2D eigenvalue weighted by molar-refractivity contribution is 0.0933. The minimum atomic E-state index is 0.0599. The third kappa shape index (κ3) is 3.49. The molecule has 114 valence electrons. The summed E-state index contributed by atoms with van der Waals surface area (Å²) in [6.07, 6.45) is 5.96. The van der Waals surface area contributed by atoms with E-state index < -0.39 is 0 Å². The minimum Gasteiger partial charge on any atom is -0.382 e. The highest BCUT2D eigenvalue weighted by molar-refractivity contribution is 5.96. The Bertz CT molecular complexity index is 515. The first kappa shape index (κ1) is 14.2. The van der Waals surface area contributed by atoms with Crippen molar-refractivity contribution in [2.75, 3.05) is 23.7 Å². The van der Waals surface area contributed by atoms with Gasteiger partial charge in [-0.2, -0.15) is 0 Å². The average Bonchev–Trinajstić information content (AvgIpc) is 2.71. The Balaban J connectivity index is 1.65. The summed E-state index contributed by atoms with van der Waals surface area (Å²) in [5.41, 5.74) is 2.87. The molecule has 1 heterocycles. The second-order valence-electron chi connectivity index (χ2n) is 6.40. The monoisotopic (exact) mass is 287 g/mol. The summed E-state index contributed by atoms with van der Waals surface area (Å²) in [7, 11) is 0. The van der Waals surface area contributed by atoms with Gasteiger partial charge in [0.1, 0.15) is 0 Å². The number of hydrogen-bond donors (Lipinski definition) is 3. The fraction of sp³-hybridized carbons (Fsp3) is 0.588. The van der Waals surface area contributed by atoms with Crippen LogP contribution in [-0.4, -0.2) is 25.0 Å². The van der Waals surface area contributed by atoms with Gasteiger partial charge in [0.2, 0.25) is 0 Å². The molecule has 1 aliphatic carbocycles. The molecule has 2 atom stereocenters. The van der Waals surface area contributed by atoms with E-state index in [1.54, 1.807) is 0 Å². The average molecular weight is 287 g/mol. The van der Waals surface area contributed by atoms with Crippen LogP contribution in [0.1, 0.15) is 49.4 Å². The molecule has 0 spiro atoms. The van der Waals surface area contributed by atoms with Crippen molar-refractivity contribution in [2.45, 2.75) is 45.1 Å². The summed E-state index contributed by atoms with van der Waals surface area (Å²) >= 11 is 0. The van der Waals surface area contributed by atoms with Crippen molar-refractivity contribution in [3.8, 4) is 0 Å². The molecule has 4 nitrogen and oxygen atoms in total. The van der Waals surface area contributed by atoms with Crippen LogP contribution in [0.15, 0.2) is 18.2 Å². The number of nitrogens with one attached hydrogen (secondary N) is 3. The first-order valence-corrected chi connectivity index (χ1v) is 8.15. The summed E-state index contributed by atoms with van der Waals surface area (Å²) in [4.78, 5) is 12.4. The zero-order valence-electron chi connectivity index (χ0n) is 12.7. The van der Waals surface area contributed by atoms with Gasteiger partial charge in [-0.25, -0.2) is 0 Å². The van der Waals surface area contributed by atoms with Gasteiger partial charge < -0.3 is 16.0 Å². The second-order valence-corrected chi connectivity index (χ2v) is 6.40. The summed E-state index contributed by atoms with van der Waals surface area (Å²) in [5.74, 6) is 0.857. The Kier molecular flexibility index (Phi) is 4.32. The number of hydrogen-bond acceptors (Lipinski definition) is 3. The molecule has 3 rings (SSSR count). The van der Waals surface area contributed by atoms with Crippen LogP contribution in [0.3, 0.4) is 0 Å². The Labute approximate surface area is 126 Å². The number of anilines is 2. The van der Waals surface area contributed by atoms with E-state index in [2.05, 4.69) is 22.9 Å². The topological polar surface area (TPSA) is 53.2 Å². The molecule has 2 unspecified atom stereocenters. The Hall–Kier alpha value is -1.71. The van der Waals surface area contributed by atoms with E-state index in [0.717, 1.165) is 48.8 Å². The highest BCUT2D eigenvalue weighted by Crippen LogP contribution is 2.26. The zero-order valence-corrected chi connectivity index (χ0v) is 12.7. The minimum absolute atomic E-state index is 0.0599. The maximum atomic E-state index is 12.4. The van der Waals surface area contributed by atoms with Gasteiger partial charge in [0.05, 0.1) is 11.4 Å². The number of carbonyl (C=O) groups is 1. The van der Waals surface area contributed by atoms with E-state index in [1.165, 1.54) is 19.3 Å². The fourth-order valence-corrected chi connectivity index (χ4v) is 3.28. The van der Waals surface area contributed by atoms with E-state index in [1.807, 2.05) is 18.2 Å². The van der Waals surface area contributed by atoms with Crippen molar-refractivity contribution in [1.29, 1.82) is 0 Å². The van der Waals surface area contributed by atoms with Gasteiger partial charge in [-0.15, -0.1) is 0 Å². The predicted octanol–water partition coefficient (Wildman–Crippen LogP) is 3.22. The number of amides is 1. The van der Waals surface area contributed by atoms with Crippen LogP contribution in [0, 0.1) is 5.92 Å². The van der Waals surface area contributed by atoms with Crippen LogP contribution in [0.5, 0.6) is 0 Å². The van der Waals surface area contributed by atoms with Crippen molar-refractivity contribution >= 4 is 17.3 Å². The molecule has 0 radical (unpaired) electrons. The van der Waals surface area contributed by atoms with Gasteiger partial charge in [-0.1, -0.05) is 19.8 Å². The van der Waals surface area contributed by atoms with Gasteiger partial charge >= 0.3 is 0 Å². The maximum absolute atomic E-state index is 12.4. The highest BCUT2D eigenvalue weighted by Gasteiger charge is 2.19. The van der Waals surface area contributed by atoms with Crippen LogP contribution in [0.25, 0.3) is 0 Å². The summed E-state index contributed by atoms with van der Waals surface area (Å²) in [6, 6.07) is 6.19. The van der Waals surface area contributed by atoms with Gasteiger partial charge in [0.25, 0.3) is 5.91 Å². The van der Waals surface area contributed by atoms with Crippen molar-refractivity contribution in [1.82, 2.24) is 5.32 Å². The van der Waals surface area contributed by atoms with Gasteiger partial charge in [-0.05, 0) is 43.4 Å². The number of fused-ring (bicyclic) bond motifs is 1. The first-order chi connectivity index (χ1) is 10.2. The van der Waals surface area contributed by atoms with Gasteiger partial charge in [0, 0.05) is 24.7 Å². The van der Waals surface area contributed by atoms with Gasteiger partial charge in [0.15, 0.2) is 0 Å². The Morgan fingerprint density at radius 3 is 2.76 bits per heavy atom. The molecule has 2 aliphatic rings. The summed E-state index contributed by atoms with van der Waals surface area (Å²) < 4.78 is 0.